The summed E-state index contributed by atoms with van der Waals surface area (Å²) in [5, 5.41) is 1.08. The van der Waals surface area contributed by atoms with E-state index in [0.717, 1.165) is 76.6 Å². The molecule has 3 fully saturated rings. The number of ether oxygens (including phenoxy) is 1. The lowest BCUT2D eigenvalue weighted by molar-refractivity contribution is -0.142. The van der Waals surface area contributed by atoms with Gasteiger partial charge in [0.2, 0.25) is 5.91 Å². The Morgan fingerprint density at radius 2 is 1.83 bits per heavy atom. The molecule has 47 heavy (non-hydrogen) atoms. The lowest BCUT2D eigenvalue weighted by Crippen LogP contribution is -2.56. The number of nitrogens with one attached hydrogen (secondary N) is 1. The summed E-state index contributed by atoms with van der Waals surface area (Å²) in [4.78, 5) is 32.7. The molecule has 3 atom stereocenters. The molecular weight excluding hydrogens is 614 g/mol. The van der Waals surface area contributed by atoms with Gasteiger partial charge in [0.25, 0.3) is 5.91 Å². The van der Waals surface area contributed by atoms with Crippen molar-refractivity contribution in [1.82, 2.24) is 23.4 Å². The van der Waals surface area contributed by atoms with Crippen LogP contribution in [-0.4, -0.2) is 92.8 Å². The van der Waals surface area contributed by atoms with Crippen LogP contribution >= 0.6 is 0 Å². The van der Waals surface area contributed by atoms with Crippen molar-refractivity contribution >= 4 is 32.9 Å². The van der Waals surface area contributed by atoms with Crippen LogP contribution in [0.5, 0.6) is 5.75 Å². The monoisotopic (exact) mass is 661 g/mol. The number of amides is 2. The summed E-state index contributed by atoms with van der Waals surface area (Å²) in [6.45, 7) is 5.10. The minimum Gasteiger partial charge on any atom is -0.497 e. The molecule has 4 aliphatic rings. The highest BCUT2D eigenvalue weighted by molar-refractivity contribution is 7.87. The molecule has 2 saturated carbocycles. The molecule has 1 saturated heterocycles. The second-order valence-electron chi connectivity index (χ2n) is 14.3. The Kier molecular flexibility index (Phi) is 8.16. The summed E-state index contributed by atoms with van der Waals surface area (Å²) in [7, 11) is 2.62. The molecule has 10 nitrogen and oxygen atoms in total. The number of hydrogen-bond acceptors (Lipinski definition) is 6. The number of hydrogen-bond donors (Lipinski definition) is 1. The molecular formula is C36H47N5O5S. The van der Waals surface area contributed by atoms with Crippen molar-refractivity contribution in [2.24, 2.45) is 5.41 Å². The van der Waals surface area contributed by atoms with Crippen LogP contribution < -0.4 is 9.46 Å². The zero-order valence-electron chi connectivity index (χ0n) is 28.2. The molecule has 1 aromatic heterocycles. The molecule has 2 aliphatic carbocycles. The Balaban J connectivity index is 1.43. The lowest BCUT2D eigenvalue weighted by Gasteiger charge is -2.41. The standard InChI is InChI=1S/C36H47N5O5S/c1-6-25-21-39(4)16-17-40(25)35(43)36-20-30(36)29-19-26(46-5)13-15-27(29)33-32(23-10-8-7-9-11-23)28-14-12-24(18-31(28)41(33)22-36)34(42)37-47(44,45)38(2)3/h12-15,18-19,23,25,30H,6-11,16-17,20-22H2,1-5H3,(H,37,42)/t25-,30+,36+/m0/s1. The van der Waals surface area contributed by atoms with Crippen LogP contribution in [0.1, 0.15) is 85.2 Å². The lowest BCUT2D eigenvalue weighted by atomic mass is 9.81. The van der Waals surface area contributed by atoms with Gasteiger partial charge in [-0.25, -0.2) is 4.72 Å². The average molecular weight is 662 g/mol. The normalized spacial score (nSPS) is 24.8. The number of fused-ring (bicyclic) bond motifs is 7. The van der Waals surface area contributed by atoms with Gasteiger partial charge in [0.1, 0.15) is 5.75 Å². The molecule has 0 bridgehead atoms. The van der Waals surface area contributed by atoms with Gasteiger partial charge in [0, 0.05) is 74.3 Å². The molecule has 2 aromatic carbocycles. The first kappa shape index (κ1) is 32.2. The van der Waals surface area contributed by atoms with E-state index < -0.39 is 21.5 Å². The van der Waals surface area contributed by atoms with E-state index in [0.29, 0.717) is 19.0 Å². The van der Waals surface area contributed by atoms with Crippen LogP contribution in [0.25, 0.3) is 22.2 Å². The molecule has 7 rings (SSSR count). The maximum absolute atomic E-state index is 14.9. The zero-order valence-corrected chi connectivity index (χ0v) is 29.0. The molecule has 3 aromatic rings. The van der Waals surface area contributed by atoms with E-state index in [2.05, 4.69) is 45.2 Å². The summed E-state index contributed by atoms with van der Waals surface area (Å²) in [5.74, 6) is 0.744. The smallest absolute Gasteiger partial charge is 0.303 e. The van der Waals surface area contributed by atoms with Crippen molar-refractivity contribution < 1.29 is 22.7 Å². The SMILES string of the molecule is CC[C@H]1CN(C)CCN1C(=O)[C@@]12C[C@@H]1c1cc(OC)ccc1-c1c(C3CCCCC3)c3ccc(C(=O)NS(=O)(=O)N(C)C)cc3n1C2. The van der Waals surface area contributed by atoms with E-state index in [-0.39, 0.29) is 23.4 Å². The number of nitrogens with zero attached hydrogens (tertiary/aromatic N) is 4. The van der Waals surface area contributed by atoms with Crippen molar-refractivity contribution in [3.8, 4) is 17.0 Å². The second-order valence-corrected chi connectivity index (χ2v) is 16.2. The van der Waals surface area contributed by atoms with Gasteiger partial charge in [0.15, 0.2) is 0 Å². The molecule has 0 spiro atoms. The number of rotatable bonds is 7. The Morgan fingerprint density at radius 1 is 1.06 bits per heavy atom. The largest absolute Gasteiger partial charge is 0.497 e. The first-order valence-corrected chi connectivity index (χ1v) is 18.5. The first-order valence-electron chi connectivity index (χ1n) is 17.1. The highest BCUT2D eigenvalue weighted by Crippen LogP contribution is 2.66. The summed E-state index contributed by atoms with van der Waals surface area (Å²) in [5.41, 5.74) is 5.25. The van der Waals surface area contributed by atoms with Crippen molar-refractivity contribution in [3.05, 3.63) is 53.1 Å². The van der Waals surface area contributed by atoms with E-state index in [9.17, 15) is 18.0 Å². The van der Waals surface area contributed by atoms with Gasteiger partial charge < -0.3 is 19.1 Å². The van der Waals surface area contributed by atoms with E-state index in [1.54, 1.807) is 13.2 Å². The van der Waals surface area contributed by atoms with E-state index in [1.807, 2.05) is 18.2 Å². The fourth-order valence-electron chi connectivity index (χ4n) is 8.60. The van der Waals surface area contributed by atoms with Crippen molar-refractivity contribution in [3.63, 3.8) is 0 Å². The summed E-state index contributed by atoms with van der Waals surface area (Å²) < 4.78 is 36.4. The maximum Gasteiger partial charge on any atom is 0.303 e. The molecule has 11 heteroatoms. The van der Waals surface area contributed by atoms with Crippen LogP contribution in [0.3, 0.4) is 0 Å². The van der Waals surface area contributed by atoms with Crippen molar-refractivity contribution in [1.29, 1.82) is 0 Å². The minimum absolute atomic E-state index is 0.0585. The van der Waals surface area contributed by atoms with Crippen molar-refractivity contribution in [2.75, 3.05) is 47.9 Å². The van der Waals surface area contributed by atoms with Gasteiger partial charge in [-0.1, -0.05) is 32.3 Å². The fourth-order valence-corrected chi connectivity index (χ4v) is 9.14. The molecule has 2 aliphatic heterocycles. The first-order chi connectivity index (χ1) is 22.5. The van der Waals surface area contributed by atoms with Gasteiger partial charge in [-0.15, -0.1) is 0 Å². The van der Waals surface area contributed by atoms with Crippen molar-refractivity contribution in [2.45, 2.75) is 76.3 Å². The highest BCUT2D eigenvalue weighted by atomic mass is 32.2. The topological polar surface area (TPSA) is 104 Å². The maximum atomic E-state index is 14.9. The number of carbonyl (C=O) groups is 2. The molecule has 1 N–H and O–H groups in total. The van der Waals surface area contributed by atoms with E-state index in [1.165, 1.54) is 38.9 Å². The van der Waals surface area contributed by atoms with Crippen LogP contribution in [0, 0.1) is 5.41 Å². The number of likely N-dealkylation sites (N-methyl/N-ethyl adjacent to an activating group) is 1. The fraction of sp³-hybridized carbons (Fsp3) is 0.556. The molecule has 2 amide bonds. The number of methoxy groups -OCH3 is 1. The third-order valence-electron chi connectivity index (χ3n) is 11.3. The second kappa shape index (κ2) is 11.9. The van der Waals surface area contributed by atoms with Crippen LogP contribution in [0.4, 0.5) is 0 Å². The Morgan fingerprint density at radius 3 is 2.53 bits per heavy atom. The third-order valence-corrected chi connectivity index (χ3v) is 12.7. The zero-order chi connectivity index (χ0) is 33.2. The van der Waals surface area contributed by atoms with Gasteiger partial charge in [-0.3, -0.25) is 9.59 Å². The van der Waals surface area contributed by atoms with Gasteiger partial charge in [0.05, 0.1) is 18.2 Å². The van der Waals surface area contributed by atoms with Gasteiger partial charge >= 0.3 is 10.2 Å². The number of carbonyl (C=O) groups excluding carboxylic acids is 2. The van der Waals surface area contributed by atoms with E-state index in [4.69, 9.17) is 4.74 Å². The Bertz CT molecular complexity index is 1850. The minimum atomic E-state index is -3.97. The molecule has 0 radical (unpaired) electrons. The predicted molar refractivity (Wildman–Crippen MR) is 183 cm³/mol. The Labute approximate surface area is 278 Å². The number of piperazine rings is 1. The van der Waals surface area contributed by atoms with E-state index >= 15 is 0 Å². The number of benzene rings is 2. The summed E-state index contributed by atoms with van der Waals surface area (Å²) in [6.07, 6.45) is 7.41. The average Bonchev–Trinajstić information content (AvgIpc) is 3.74. The van der Waals surface area contributed by atoms with Gasteiger partial charge in [-0.2, -0.15) is 12.7 Å². The quantitative estimate of drug-likeness (QED) is 0.385. The van der Waals surface area contributed by atoms with Crippen LogP contribution in [0.2, 0.25) is 0 Å². The third kappa shape index (κ3) is 5.34. The highest BCUT2D eigenvalue weighted by Gasteiger charge is 2.64. The molecule has 252 valence electrons. The van der Waals surface area contributed by atoms with Crippen LogP contribution in [-0.2, 0) is 21.5 Å². The number of aromatic nitrogens is 1. The van der Waals surface area contributed by atoms with Crippen LogP contribution in [0.15, 0.2) is 36.4 Å². The van der Waals surface area contributed by atoms with Gasteiger partial charge in [-0.05, 0) is 80.1 Å². The predicted octanol–water partition coefficient (Wildman–Crippen LogP) is 4.94. The Hall–Kier alpha value is -3.41. The molecule has 0 unspecified atom stereocenters. The summed E-state index contributed by atoms with van der Waals surface area (Å²) >= 11 is 0. The summed E-state index contributed by atoms with van der Waals surface area (Å²) in [6, 6.07) is 12.0. The molecule has 3 heterocycles.